The maximum atomic E-state index is 11.5. The second-order valence-electron chi connectivity index (χ2n) is 4.70. The number of aliphatic imine (C=N–C) groups is 1. The van der Waals surface area contributed by atoms with Crippen molar-refractivity contribution in [2.24, 2.45) is 4.99 Å². The molecule has 2 N–H and O–H groups in total. The van der Waals surface area contributed by atoms with E-state index in [9.17, 15) is 4.79 Å². The zero-order valence-corrected chi connectivity index (χ0v) is 16.0. The van der Waals surface area contributed by atoms with Crippen LogP contribution in [0.4, 0.5) is 0 Å². The second-order valence-corrected chi connectivity index (χ2v) is 4.70. The van der Waals surface area contributed by atoms with Gasteiger partial charge in [-0.25, -0.2) is 4.99 Å². The predicted molar refractivity (Wildman–Crippen MR) is 97.5 cm³/mol. The van der Waals surface area contributed by atoms with E-state index in [-0.39, 0.29) is 36.4 Å². The molecule has 0 fully saturated rings. The van der Waals surface area contributed by atoms with Gasteiger partial charge in [0, 0.05) is 40.2 Å². The number of guanidine groups is 1. The first-order chi connectivity index (χ1) is 10.1. The summed E-state index contributed by atoms with van der Waals surface area (Å²) in [6.07, 6.45) is 2.58. The molecule has 0 radical (unpaired) electrons. The minimum absolute atomic E-state index is 0. The largest absolute Gasteiger partial charge is 0.357 e. The number of rotatable bonds is 7. The minimum atomic E-state index is -0.0284. The molecular formula is C13H26IN7O. The molecule has 1 amide bonds. The normalized spacial score (nSPS) is 10.8. The average Bonchev–Trinajstić information content (AvgIpc) is 2.91. The molecule has 126 valence electrons. The molecule has 0 aromatic carbocycles. The maximum Gasteiger partial charge on any atom is 0.243 e. The van der Waals surface area contributed by atoms with Gasteiger partial charge in [0.2, 0.25) is 5.91 Å². The monoisotopic (exact) mass is 423 g/mol. The van der Waals surface area contributed by atoms with Gasteiger partial charge in [0.1, 0.15) is 18.7 Å². The Kier molecular flexibility index (Phi) is 10.5. The van der Waals surface area contributed by atoms with Gasteiger partial charge in [-0.1, -0.05) is 6.92 Å². The van der Waals surface area contributed by atoms with E-state index in [0.717, 1.165) is 25.3 Å². The summed E-state index contributed by atoms with van der Waals surface area (Å²) < 4.78 is 2.00. The predicted octanol–water partition coefficient (Wildman–Crippen LogP) is 0.102. The van der Waals surface area contributed by atoms with Gasteiger partial charge in [-0.05, 0) is 6.92 Å². The van der Waals surface area contributed by atoms with Crippen molar-refractivity contribution in [2.45, 2.75) is 26.8 Å². The van der Waals surface area contributed by atoms with Crippen LogP contribution in [-0.2, 0) is 17.8 Å². The number of aromatic nitrogens is 3. The van der Waals surface area contributed by atoms with Crippen molar-refractivity contribution in [1.82, 2.24) is 30.3 Å². The molecule has 0 spiro atoms. The van der Waals surface area contributed by atoms with E-state index < -0.39 is 0 Å². The van der Waals surface area contributed by atoms with Gasteiger partial charge in [0.05, 0.1) is 0 Å². The highest BCUT2D eigenvalue weighted by atomic mass is 127. The second kappa shape index (κ2) is 11.2. The summed E-state index contributed by atoms with van der Waals surface area (Å²) in [5.41, 5.74) is 0. The molecule has 1 aromatic rings. The van der Waals surface area contributed by atoms with Gasteiger partial charge in [0.15, 0.2) is 5.96 Å². The number of carbonyl (C=O) groups is 1. The molecule has 0 aliphatic rings. The van der Waals surface area contributed by atoms with Crippen molar-refractivity contribution in [1.29, 1.82) is 0 Å². The zero-order chi connectivity index (χ0) is 15.7. The third-order valence-electron chi connectivity index (χ3n) is 2.87. The standard InChI is InChI=1S/C13H25N7O.HI/c1-5-11-18-17-10-20(11)8-7-15-13(14-6-2)16-9-12(21)19(3)4;/h10H,5-9H2,1-4H3,(H2,14,15,16);1H. The van der Waals surface area contributed by atoms with Crippen molar-refractivity contribution in [2.75, 3.05) is 33.7 Å². The van der Waals surface area contributed by atoms with Crippen molar-refractivity contribution in [3.63, 3.8) is 0 Å². The molecule has 0 saturated carbocycles. The first-order valence-corrected chi connectivity index (χ1v) is 7.17. The zero-order valence-electron chi connectivity index (χ0n) is 13.7. The lowest BCUT2D eigenvalue weighted by molar-refractivity contribution is -0.127. The molecule has 0 aliphatic carbocycles. The van der Waals surface area contributed by atoms with E-state index >= 15 is 0 Å². The smallest absolute Gasteiger partial charge is 0.243 e. The van der Waals surface area contributed by atoms with Crippen molar-refractivity contribution >= 4 is 35.8 Å². The van der Waals surface area contributed by atoms with Crippen LogP contribution in [0.3, 0.4) is 0 Å². The Labute approximate surface area is 148 Å². The summed E-state index contributed by atoms with van der Waals surface area (Å²) in [5, 5.41) is 14.2. The van der Waals surface area contributed by atoms with E-state index in [2.05, 4.69) is 25.8 Å². The van der Waals surface area contributed by atoms with E-state index in [1.54, 1.807) is 20.4 Å². The quantitative estimate of drug-likeness (QED) is 0.369. The number of likely N-dealkylation sites (N-methyl/N-ethyl adjacent to an activating group) is 1. The van der Waals surface area contributed by atoms with Gasteiger partial charge in [-0.3, -0.25) is 4.79 Å². The maximum absolute atomic E-state index is 11.5. The van der Waals surface area contributed by atoms with Crippen LogP contribution in [0.25, 0.3) is 0 Å². The SMILES string of the molecule is CCNC(=NCC(=O)N(C)C)NCCn1cnnc1CC.I. The van der Waals surface area contributed by atoms with Gasteiger partial charge >= 0.3 is 0 Å². The Morgan fingerprint density at radius 3 is 2.68 bits per heavy atom. The molecular weight excluding hydrogens is 397 g/mol. The lowest BCUT2D eigenvalue weighted by Crippen LogP contribution is -2.39. The van der Waals surface area contributed by atoms with Crippen LogP contribution in [0.2, 0.25) is 0 Å². The summed E-state index contributed by atoms with van der Waals surface area (Å²) >= 11 is 0. The Balaban J connectivity index is 0.00000441. The van der Waals surface area contributed by atoms with Gasteiger partial charge in [-0.2, -0.15) is 0 Å². The number of halogens is 1. The van der Waals surface area contributed by atoms with Gasteiger partial charge in [0.25, 0.3) is 0 Å². The van der Waals surface area contributed by atoms with Crippen molar-refractivity contribution in [3.8, 4) is 0 Å². The number of nitrogens with one attached hydrogen (secondary N) is 2. The Bertz CT molecular complexity index is 473. The molecule has 9 heteroatoms. The Morgan fingerprint density at radius 1 is 1.36 bits per heavy atom. The van der Waals surface area contributed by atoms with Crippen LogP contribution in [0, 0.1) is 0 Å². The summed E-state index contributed by atoms with van der Waals surface area (Å²) in [6, 6.07) is 0. The summed E-state index contributed by atoms with van der Waals surface area (Å²) in [7, 11) is 3.44. The fourth-order valence-corrected chi connectivity index (χ4v) is 1.66. The number of aryl methyl sites for hydroxylation is 1. The number of carbonyl (C=O) groups excluding carboxylic acids is 1. The van der Waals surface area contributed by atoms with E-state index in [4.69, 9.17) is 0 Å². The number of nitrogens with zero attached hydrogens (tertiary/aromatic N) is 5. The number of amides is 1. The third kappa shape index (κ3) is 7.05. The molecule has 1 aromatic heterocycles. The Hall–Kier alpha value is -1.39. The Morgan fingerprint density at radius 2 is 2.09 bits per heavy atom. The summed E-state index contributed by atoms with van der Waals surface area (Å²) in [4.78, 5) is 17.3. The third-order valence-corrected chi connectivity index (χ3v) is 2.87. The van der Waals surface area contributed by atoms with Crippen LogP contribution in [-0.4, -0.2) is 65.3 Å². The first kappa shape index (κ1) is 20.6. The van der Waals surface area contributed by atoms with Crippen LogP contribution < -0.4 is 10.6 Å². The topological polar surface area (TPSA) is 87.4 Å². The first-order valence-electron chi connectivity index (χ1n) is 7.17. The fraction of sp³-hybridized carbons (Fsp3) is 0.692. The molecule has 0 aliphatic heterocycles. The van der Waals surface area contributed by atoms with Crippen molar-refractivity contribution < 1.29 is 4.79 Å². The van der Waals surface area contributed by atoms with Crippen LogP contribution in [0.15, 0.2) is 11.3 Å². The highest BCUT2D eigenvalue weighted by Gasteiger charge is 2.05. The molecule has 0 unspecified atom stereocenters. The molecule has 22 heavy (non-hydrogen) atoms. The molecule has 1 rings (SSSR count). The molecule has 1 heterocycles. The van der Waals surface area contributed by atoms with Crippen LogP contribution in [0.1, 0.15) is 19.7 Å². The van der Waals surface area contributed by atoms with E-state index in [0.29, 0.717) is 12.5 Å². The minimum Gasteiger partial charge on any atom is -0.357 e. The van der Waals surface area contributed by atoms with E-state index in [1.807, 2.05) is 18.4 Å². The summed E-state index contributed by atoms with van der Waals surface area (Å²) in [6.45, 7) is 6.35. The molecule has 0 atom stereocenters. The molecule has 0 saturated heterocycles. The van der Waals surface area contributed by atoms with Crippen LogP contribution >= 0.6 is 24.0 Å². The lowest BCUT2D eigenvalue weighted by atomic mass is 10.4. The van der Waals surface area contributed by atoms with Crippen LogP contribution in [0.5, 0.6) is 0 Å². The van der Waals surface area contributed by atoms with Crippen molar-refractivity contribution in [3.05, 3.63) is 12.2 Å². The highest BCUT2D eigenvalue weighted by Crippen LogP contribution is 1.94. The summed E-state index contributed by atoms with van der Waals surface area (Å²) in [5.74, 6) is 1.57. The van der Waals surface area contributed by atoms with Gasteiger partial charge in [-0.15, -0.1) is 34.2 Å². The van der Waals surface area contributed by atoms with E-state index in [1.165, 1.54) is 4.90 Å². The highest BCUT2D eigenvalue weighted by molar-refractivity contribution is 14.0. The average molecular weight is 423 g/mol. The molecule has 8 nitrogen and oxygen atoms in total. The lowest BCUT2D eigenvalue weighted by Gasteiger charge is -2.13. The van der Waals surface area contributed by atoms with Gasteiger partial charge < -0.3 is 20.1 Å². The number of hydrogen-bond donors (Lipinski definition) is 2. The number of hydrogen-bond acceptors (Lipinski definition) is 4. The fourth-order valence-electron chi connectivity index (χ4n) is 1.66. The molecule has 0 bridgehead atoms.